The second-order valence-corrected chi connectivity index (χ2v) is 7.25. The molecule has 3 rings (SSSR count). The molecule has 4 heteroatoms. The molecule has 0 aromatic heterocycles. The summed E-state index contributed by atoms with van der Waals surface area (Å²) >= 11 is 0. The SMILES string of the molecule is CN(Cc1ccc(F)cc1)CC1(N)C2CCOC2C1(C)C. The largest absolute Gasteiger partial charge is 0.377 e. The van der Waals surface area contributed by atoms with Gasteiger partial charge in [0.25, 0.3) is 0 Å². The Morgan fingerprint density at radius 3 is 2.67 bits per heavy atom. The molecule has 1 aromatic rings. The Hall–Kier alpha value is -0.970. The van der Waals surface area contributed by atoms with E-state index in [0.717, 1.165) is 31.7 Å². The topological polar surface area (TPSA) is 38.5 Å². The van der Waals surface area contributed by atoms with Crippen molar-refractivity contribution in [1.29, 1.82) is 0 Å². The molecule has 1 heterocycles. The lowest BCUT2D eigenvalue weighted by atomic mass is 9.48. The van der Waals surface area contributed by atoms with Crippen LogP contribution in [-0.4, -0.2) is 36.7 Å². The van der Waals surface area contributed by atoms with Crippen LogP contribution >= 0.6 is 0 Å². The summed E-state index contributed by atoms with van der Waals surface area (Å²) in [5.41, 5.74) is 7.67. The molecule has 1 aliphatic heterocycles. The fourth-order valence-corrected chi connectivity index (χ4v) is 4.20. The van der Waals surface area contributed by atoms with Crippen molar-refractivity contribution in [3.05, 3.63) is 35.6 Å². The first-order chi connectivity index (χ1) is 9.84. The summed E-state index contributed by atoms with van der Waals surface area (Å²) in [5.74, 6) is 0.269. The van der Waals surface area contributed by atoms with Crippen LogP contribution in [0.2, 0.25) is 0 Å². The van der Waals surface area contributed by atoms with Gasteiger partial charge in [-0.25, -0.2) is 4.39 Å². The number of fused-ring (bicyclic) bond motifs is 1. The third-order valence-corrected chi connectivity index (χ3v) is 5.56. The van der Waals surface area contributed by atoms with Crippen LogP contribution in [0.3, 0.4) is 0 Å². The predicted molar refractivity (Wildman–Crippen MR) is 81.3 cm³/mol. The van der Waals surface area contributed by atoms with E-state index in [1.807, 2.05) is 12.1 Å². The highest BCUT2D eigenvalue weighted by Gasteiger charge is 2.67. The van der Waals surface area contributed by atoms with Gasteiger partial charge in [-0.05, 0) is 31.2 Å². The van der Waals surface area contributed by atoms with Gasteiger partial charge in [0.05, 0.1) is 6.10 Å². The maximum Gasteiger partial charge on any atom is 0.123 e. The molecule has 1 aromatic carbocycles. The maximum absolute atomic E-state index is 13.0. The van der Waals surface area contributed by atoms with Crippen LogP contribution in [0.25, 0.3) is 0 Å². The summed E-state index contributed by atoms with van der Waals surface area (Å²) < 4.78 is 18.8. The average Bonchev–Trinajstić information content (AvgIpc) is 2.89. The number of hydrogen-bond donors (Lipinski definition) is 1. The Kier molecular flexibility index (Phi) is 3.59. The molecule has 0 amide bonds. The van der Waals surface area contributed by atoms with Gasteiger partial charge >= 0.3 is 0 Å². The predicted octanol–water partition coefficient (Wildman–Crippen LogP) is 2.40. The summed E-state index contributed by atoms with van der Waals surface area (Å²) in [5, 5.41) is 0. The molecule has 3 unspecified atom stereocenters. The Bertz CT molecular complexity index is 516. The van der Waals surface area contributed by atoms with E-state index in [1.54, 1.807) is 0 Å². The maximum atomic E-state index is 13.0. The fraction of sp³-hybridized carbons (Fsp3) is 0.647. The highest BCUT2D eigenvalue weighted by Crippen LogP contribution is 2.58. The van der Waals surface area contributed by atoms with Crippen LogP contribution in [0, 0.1) is 17.2 Å². The number of nitrogens with two attached hydrogens (primary N) is 1. The number of likely N-dealkylation sites (N-methyl/N-ethyl adjacent to an activating group) is 1. The molecular weight excluding hydrogens is 267 g/mol. The first-order valence-electron chi connectivity index (χ1n) is 7.68. The van der Waals surface area contributed by atoms with Gasteiger partial charge in [0, 0.05) is 36.6 Å². The monoisotopic (exact) mass is 292 g/mol. The summed E-state index contributed by atoms with van der Waals surface area (Å²) in [4.78, 5) is 2.24. The summed E-state index contributed by atoms with van der Waals surface area (Å²) in [7, 11) is 2.08. The zero-order valence-corrected chi connectivity index (χ0v) is 13.1. The molecule has 2 fully saturated rings. The molecule has 116 valence electrons. The van der Waals surface area contributed by atoms with E-state index >= 15 is 0 Å². The van der Waals surface area contributed by atoms with Crippen LogP contribution in [0.5, 0.6) is 0 Å². The number of hydrogen-bond acceptors (Lipinski definition) is 3. The highest BCUT2D eigenvalue weighted by atomic mass is 19.1. The van der Waals surface area contributed by atoms with Crippen molar-refractivity contribution < 1.29 is 9.13 Å². The molecule has 1 aliphatic carbocycles. The van der Waals surface area contributed by atoms with Gasteiger partial charge in [-0.15, -0.1) is 0 Å². The molecule has 0 spiro atoms. The molecule has 0 bridgehead atoms. The standard InChI is InChI=1S/C17H25FN2O/c1-16(2)15-14(8-9-21-15)17(16,19)11-20(3)10-12-4-6-13(18)7-5-12/h4-7,14-15H,8-11,19H2,1-3H3. The molecule has 0 radical (unpaired) electrons. The number of ether oxygens (including phenoxy) is 1. The minimum Gasteiger partial charge on any atom is -0.377 e. The molecule has 1 saturated carbocycles. The van der Waals surface area contributed by atoms with Gasteiger partial charge in [0.15, 0.2) is 0 Å². The van der Waals surface area contributed by atoms with Gasteiger partial charge < -0.3 is 15.4 Å². The molecule has 3 nitrogen and oxygen atoms in total. The summed E-state index contributed by atoms with van der Waals surface area (Å²) in [6.45, 7) is 6.88. The molecule has 3 atom stereocenters. The third-order valence-electron chi connectivity index (χ3n) is 5.56. The van der Waals surface area contributed by atoms with Crippen LogP contribution in [0.1, 0.15) is 25.8 Å². The second kappa shape index (κ2) is 5.04. The van der Waals surface area contributed by atoms with Crippen molar-refractivity contribution in [2.45, 2.75) is 38.5 Å². The lowest BCUT2D eigenvalue weighted by Gasteiger charge is -2.63. The van der Waals surface area contributed by atoms with Crippen molar-refractivity contribution in [3.63, 3.8) is 0 Å². The van der Waals surface area contributed by atoms with Crippen molar-refractivity contribution in [2.24, 2.45) is 17.1 Å². The van der Waals surface area contributed by atoms with Crippen molar-refractivity contribution in [2.75, 3.05) is 20.2 Å². The fourth-order valence-electron chi connectivity index (χ4n) is 4.20. The Balaban J connectivity index is 1.66. The van der Waals surface area contributed by atoms with Crippen molar-refractivity contribution in [3.8, 4) is 0 Å². The van der Waals surface area contributed by atoms with E-state index in [0.29, 0.717) is 12.0 Å². The number of rotatable bonds is 4. The highest BCUT2D eigenvalue weighted by molar-refractivity contribution is 5.22. The lowest BCUT2D eigenvalue weighted by Crippen LogP contribution is -2.77. The summed E-state index contributed by atoms with van der Waals surface area (Å²) in [6, 6.07) is 6.69. The number of nitrogens with zero attached hydrogens (tertiary/aromatic N) is 1. The average molecular weight is 292 g/mol. The van der Waals surface area contributed by atoms with Crippen molar-refractivity contribution in [1.82, 2.24) is 4.90 Å². The van der Waals surface area contributed by atoms with Crippen molar-refractivity contribution >= 4 is 0 Å². The van der Waals surface area contributed by atoms with Gasteiger partial charge in [0.2, 0.25) is 0 Å². The zero-order chi connectivity index (χ0) is 15.3. The normalized spacial score (nSPS) is 33.8. The van der Waals surface area contributed by atoms with Gasteiger partial charge in [-0.3, -0.25) is 0 Å². The van der Waals surface area contributed by atoms with Crippen LogP contribution < -0.4 is 5.73 Å². The van der Waals surface area contributed by atoms with Gasteiger partial charge in [-0.2, -0.15) is 0 Å². The lowest BCUT2D eigenvalue weighted by molar-refractivity contribution is -0.162. The zero-order valence-electron chi connectivity index (χ0n) is 13.1. The summed E-state index contributed by atoms with van der Waals surface area (Å²) in [6.07, 6.45) is 1.37. The van der Waals surface area contributed by atoms with Crippen LogP contribution in [0.4, 0.5) is 4.39 Å². The Morgan fingerprint density at radius 1 is 1.33 bits per heavy atom. The molecular formula is C17H25FN2O. The third kappa shape index (κ3) is 2.30. The van der Waals surface area contributed by atoms with E-state index in [1.165, 1.54) is 12.1 Å². The molecule has 21 heavy (non-hydrogen) atoms. The van der Waals surface area contributed by atoms with Crippen LogP contribution in [0.15, 0.2) is 24.3 Å². The second-order valence-electron chi connectivity index (χ2n) is 7.25. The van der Waals surface area contributed by atoms with E-state index in [9.17, 15) is 4.39 Å². The first-order valence-corrected chi connectivity index (χ1v) is 7.68. The Morgan fingerprint density at radius 2 is 2.00 bits per heavy atom. The number of halogens is 1. The number of benzene rings is 1. The van der Waals surface area contributed by atoms with Crippen LogP contribution in [-0.2, 0) is 11.3 Å². The minimum absolute atomic E-state index is 0.00518. The van der Waals surface area contributed by atoms with E-state index in [-0.39, 0.29) is 16.8 Å². The first kappa shape index (κ1) is 14.9. The van der Waals surface area contributed by atoms with Gasteiger partial charge in [0.1, 0.15) is 5.82 Å². The van der Waals surface area contributed by atoms with E-state index in [4.69, 9.17) is 10.5 Å². The van der Waals surface area contributed by atoms with Gasteiger partial charge in [-0.1, -0.05) is 26.0 Å². The van der Waals surface area contributed by atoms with E-state index in [2.05, 4.69) is 25.8 Å². The minimum atomic E-state index is -0.205. The quantitative estimate of drug-likeness (QED) is 0.926. The molecule has 2 N–H and O–H groups in total. The molecule has 2 aliphatic rings. The molecule has 1 saturated heterocycles. The smallest absolute Gasteiger partial charge is 0.123 e. The van der Waals surface area contributed by atoms with E-state index < -0.39 is 0 Å². The Labute approximate surface area is 126 Å².